The van der Waals surface area contributed by atoms with Crippen molar-refractivity contribution in [1.29, 1.82) is 0 Å². The molecule has 4 N–H and O–H groups in total. The van der Waals surface area contributed by atoms with Crippen molar-refractivity contribution in [3.63, 3.8) is 0 Å². The monoisotopic (exact) mass is 386 g/mol. The van der Waals surface area contributed by atoms with Crippen LogP contribution in [-0.2, 0) is 18.8 Å². The maximum absolute atomic E-state index is 11.4. The Morgan fingerprint density at radius 2 is 1.52 bits per heavy atom. The summed E-state index contributed by atoms with van der Waals surface area (Å²) < 4.78 is 27.8. The molecular weight excluding hydrogens is 351 g/mol. The number of ether oxygens (including phenoxy) is 3. The van der Waals surface area contributed by atoms with Gasteiger partial charge in [-0.05, 0) is 12.8 Å². The third-order valence-corrected chi connectivity index (χ3v) is 4.75. The van der Waals surface area contributed by atoms with E-state index in [1.54, 1.807) is 0 Å². The lowest BCUT2D eigenvalue weighted by Gasteiger charge is -2.25. The number of aliphatic hydroxyl groups is 2. The second-order valence-electron chi connectivity index (χ2n) is 6.04. The van der Waals surface area contributed by atoms with E-state index in [0.717, 1.165) is 38.5 Å². The summed E-state index contributed by atoms with van der Waals surface area (Å²) in [7, 11) is -4.71. The molecule has 0 spiro atoms. The molecule has 0 heterocycles. The second-order valence-corrected chi connectivity index (χ2v) is 7.73. The molecule has 2 unspecified atom stereocenters. The third-order valence-electron chi connectivity index (χ3n) is 3.60. The Hall–Kier alpha value is -0.0500. The Labute approximate surface area is 150 Å². The van der Waals surface area contributed by atoms with Gasteiger partial charge in [0.2, 0.25) is 0 Å². The van der Waals surface area contributed by atoms with Crippen LogP contribution in [0, 0.1) is 0 Å². The minimum atomic E-state index is -4.71. The Balaban J connectivity index is 4.47. The lowest BCUT2D eigenvalue weighted by Crippen LogP contribution is -2.36. The normalized spacial score (nSPS) is 15.9. The molecule has 3 atom stereocenters. The van der Waals surface area contributed by atoms with E-state index in [1.165, 1.54) is 0 Å². The molecule has 0 amide bonds. The summed E-state index contributed by atoms with van der Waals surface area (Å²) in [5.41, 5.74) is 0. The van der Waals surface area contributed by atoms with E-state index in [4.69, 9.17) is 19.3 Å². The fourth-order valence-corrected chi connectivity index (χ4v) is 2.97. The summed E-state index contributed by atoms with van der Waals surface area (Å²) in [5.74, 6) is -1.78. The van der Waals surface area contributed by atoms with Gasteiger partial charge in [-0.25, -0.2) is 0 Å². The average Bonchev–Trinajstić information content (AvgIpc) is 2.56. The topological polar surface area (TPSA) is 126 Å². The molecule has 0 radical (unpaired) electrons. The summed E-state index contributed by atoms with van der Waals surface area (Å²) in [6, 6.07) is 0. The van der Waals surface area contributed by atoms with Crippen LogP contribution in [0.4, 0.5) is 0 Å². The summed E-state index contributed by atoms with van der Waals surface area (Å²) in [6.07, 6.45) is 3.91. The molecule has 152 valence electrons. The molecule has 0 bridgehead atoms. The molecule has 0 fully saturated rings. The van der Waals surface area contributed by atoms with Crippen LogP contribution in [0.5, 0.6) is 0 Å². The van der Waals surface area contributed by atoms with Crippen LogP contribution in [0.1, 0.15) is 52.4 Å². The van der Waals surface area contributed by atoms with Crippen molar-refractivity contribution in [2.75, 3.05) is 33.0 Å². The first-order valence-corrected chi connectivity index (χ1v) is 10.7. The van der Waals surface area contributed by atoms with Crippen LogP contribution < -0.4 is 0 Å². The van der Waals surface area contributed by atoms with Crippen molar-refractivity contribution >= 4 is 7.60 Å². The lowest BCUT2D eigenvalue weighted by molar-refractivity contribution is -0.0924. The van der Waals surface area contributed by atoms with E-state index < -0.39 is 32.3 Å². The van der Waals surface area contributed by atoms with Gasteiger partial charge in [-0.3, -0.25) is 4.57 Å². The number of hydrogen-bond acceptors (Lipinski definition) is 6. The largest absolute Gasteiger partial charge is 0.394 e. The van der Waals surface area contributed by atoms with E-state index >= 15 is 0 Å². The van der Waals surface area contributed by atoms with E-state index in [-0.39, 0.29) is 13.2 Å². The van der Waals surface area contributed by atoms with Crippen molar-refractivity contribution in [2.24, 2.45) is 0 Å². The molecule has 0 saturated carbocycles. The SMILES string of the molecule is CCCCCOC[C@H](COC(C(O)CO)P(=O)(O)O)OCCCCC. The smallest absolute Gasteiger partial charge is 0.356 e. The zero-order valence-corrected chi connectivity index (χ0v) is 16.3. The highest BCUT2D eigenvalue weighted by atomic mass is 31.2. The van der Waals surface area contributed by atoms with Crippen molar-refractivity contribution in [2.45, 2.75) is 70.4 Å². The average molecular weight is 386 g/mol. The zero-order valence-electron chi connectivity index (χ0n) is 15.4. The molecule has 0 aromatic heterocycles. The van der Waals surface area contributed by atoms with Crippen LogP contribution in [0.15, 0.2) is 0 Å². The highest BCUT2D eigenvalue weighted by Crippen LogP contribution is 2.43. The van der Waals surface area contributed by atoms with Gasteiger partial charge in [-0.1, -0.05) is 39.5 Å². The zero-order chi connectivity index (χ0) is 19.1. The highest BCUT2D eigenvalue weighted by Gasteiger charge is 2.36. The molecule has 0 aliphatic heterocycles. The summed E-state index contributed by atoms with van der Waals surface area (Å²) in [6.45, 7) is 4.59. The van der Waals surface area contributed by atoms with Crippen molar-refractivity contribution in [3.05, 3.63) is 0 Å². The molecule has 8 nitrogen and oxygen atoms in total. The number of hydrogen-bond donors (Lipinski definition) is 4. The van der Waals surface area contributed by atoms with E-state index in [0.29, 0.717) is 13.2 Å². The number of aliphatic hydroxyl groups excluding tert-OH is 2. The minimum absolute atomic E-state index is 0.132. The fourth-order valence-electron chi connectivity index (χ4n) is 2.14. The number of rotatable bonds is 17. The van der Waals surface area contributed by atoms with Gasteiger partial charge in [-0.15, -0.1) is 0 Å². The van der Waals surface area contributed by atoms with Gasteiger partial charge < -0.3 is 34.2 Å². The minimum Gasteiger partial charge on any atom is -0.394 e. The summed E-state index contributed by atoms with van der Waals surface area (Å²) >= 11 is 0. The molecular formula is C16H35O8P. The molecule has 25 heavy (non-hydrogen) atoms. The number of unbranched alkanes of at least 4 members (excludes halogenated alkanes) is 4. The molecule has 0 rings (SSSR count). The molecule has 0 aliphatic rings. The highest BCUT2D eigenvalue weighted by molar-refractivity contribution is 7.52. The Bertz CT molecular complexity index is 349. The molecule has 9 heteroatoms. The maximum atomic E-state index is 11.4. The molecule has 0 saturated heterocycles. The van der Waals surface area contributed by atoms with Crippen LogP contribution in [0.3, 0.4) is 0 Å². The van der Waals surface area contributed by atoms with Crippen molar-refractivity contribution in [3.8, 4) is 0 Å². The maximum Gasteiger partial charge on any atom is 0.356 e. The summed E-state index contributed by atoms with van der Waals surface area (Å²) in [4.78, 5) is 18.5. The first kappa shape index (κ1) is 24.9. The van der Waals surface area contributed by atoms with E-state index in [9.17, 15) is 19.5 Å². The van der Waals surface area contributed by atoms with Crippen LogP contribution in [0.25, 0.3) is 0 Å². The Kier molecular flexibility index (Phi) is 15.0. The van der Waals surface area contributed by atoms with Gasteiger partial charge in [0.15, 0.2) is 5.85 Å². The molecule has 0 aliphatic carbocycles. The second kappa shape index (κ2) is 15.1. The quantitative estimate of drug-likeness (QED) is 0.220. The molecule has 0 aromatic rings. The van der Waals surface area contributed by atoms with Crippen LogP contribution in [-0.4, -0.2) is 71.1 Å². The van der Waals surface area contributed by atoms with Crippen LogP contribution >= 0.6 is 7.60 Å². The van der Waals surface area contributed by atoms with E-state index in [1.807, 2.05) is 0 Å². The predicted molar refractivity (Wildman–Crippen MR) is 94.5 cm³/mol. The lowest BCUT2D eigenvalue weighted by atomic mass is 10.2. The van der Waals surface area contributed by atoms with Crippen molar-refractivity contribution in [1.82, 2.24) is 0 Å². The van der Waals surface area contributed by atoms with Gasteiger partial charge in [0, 0.05) is 13.2 Å². The fraction of sp³-hybridized carbons (Fsp3) is 1.00. The predicted octanol–water partition coefficient (Wildman–Crippen LogP) is 1.64. The van der Waals surface area contributed by atoms with Crippen molar-refractivity contribution < 1.29 is 38.8 Å². The van der Waals surface area contributed by atoms with Gasteiger partial charge in [0.1, 0.15) is 12.2 Å². The van der Waals surface area contributed by atoms with Gasteiger partial charge in [0.25, 0.3) is 0 Å². The van der Waals surface area contributed by atoms with Gasteiger partial charge >= 0.3 is 7.60 Å². The van der Waals surface area contributed by atoms with Gasteiger partial charge in [0.05, 0.1) is 19.8 Å². The Morgan fingerprint density at radius 1 is 0.920 bits per heavy atom. The first-order valence-electron chi connectivity index (χ1n) is 9.01. The van der Waals surface area contributed by atoms with E-state index in [2.05, 4.69) is 13.8 Å². The van der Waals surface area contributed by atoms with Crippen LogP contribution in [0.2, 0.25) is 0 Å². The third kappa shape index (κ3) is 12.9. The van der Waals surface area contributed by atoms with Gasteiger partial charge in [-0.2, -0.15) is 0 Å². The molecule has 0 aromatic carbocycles. The first-order chi connectivity index (χ1) is 11.9. The summed E-state index contributed by atoms with van der Waals surface area (Å²) in [5, 5.41) is 18.5. The Morgan fingerprint density at radius 3 is 2.04 bits per heavy atom. The standard InChI is InChI=1S/C16H35O8P/c1-3-5-7-9-22-12-14(23-10-8-6-4-2)13-24-16(15(18)11-17)25(19,20)21/h14-18H,3-13H2,1-2H3,(H2,19,20,21)/t14-,15?,16?/m1/s1.